The molecule has 1 saturated heterocycles. The van der Waals surface area contributed by atoms with Crippen molar-refractivity contribution < 1.29 is 14.0 Å². The van der Waals surface area contributed by atoms with Gasteiger partial charge in [-0.25, -0.2) is 9.18 Å². The van der Waals surface area contributed by atoms with Crippen LogP contribution in [0.15, 0.2) is 59.8 Å². The van der Waals surface area contributed by atoms with Crippen molar-refractivity contribution in [3.8, 4) is 5.69 Å². The Balaban J connectivity index is 1.75. The number of halogens is 1. The monoisotopic (exact) mass is 482 g/mol. The number of amides is 3. The maximum atomic E-state index is 13.7. The van der Waals surface area contributed by atoms with Gasteiger partial charge in [0.2, 0.25) is 5.91 Å². The largest absolute Gasteiger partial charge is 0.351 e. The molecule has 1 aliphatic rings. The van der Waals surface area contributed by atoms with Crippen molar-refractivity contribution in [3.05, 3.63) is 71.8 Å². The summed E-state index contributed by atoms with van der Waals surface area (Å²) in [4.78, 5) is 26.6. The van der Waals surface area contributed by atoms with Crippen LogP contribution in [0.1, 0.15) is 48.9 Å². The number of carbonyl (C=O) groups excluding carboxylic acids is 2. The van der Waals surface area contributed by atoms with Crippen molar-refractivity contribution in [1.29, 1.82) is 0 Å². The maximum Gasteiger partial charge on any atom is 0.318 e. The number of thioether (sulfide) groups is 1. The molecule has 10 heteroatoms. The summed E-state index contributed by atoms with van der Waals surface area (Å²) in [6.07, 6.45) is 3.46. The van der Waals surface area contributed by atoms with Crippen LogP contribution in [0, 0.1) is 5.82 Å². The highest BCUT2D eigenvalue weighted by molar-refractivity contribution is 8.00. The summed E-state index contributed by atoms with van der Waals surface area (Å²) in [6, 6.07) is 14.2. The molecule has 2 unspecified atom stereocenters. The number of likely N-dealkylation sites (tertiary alicyclic amines) is 1. The van der Waals surface area contributed by atoms with E-state index in [4.69, 9.17) is 5.73 Å². The summed E-state index contributed by atoms with van der Waals surface area (Å²) < 4.78 is 15.5. The van der Waals surface area contributed by atoms with Crippen molar-refractivity contribution in [2.75, 3.05) is 13.1 Å². The molecule has 2 aromatic carbocycles. The van der Waals surface area contributed by atoms with Gasteiger partial charge in [0.25, 0.3) is 0 Å². The van der Waals surface area contributed by atoms with Crippen LogP contribution in [-0.4, -0.2) is 44.7 Å². The predicted molar refractivity (Wildman–Crippen MR) is 128 cm³/mol. The molecule has 4 rings (SSSR count). The van der Waals surface area contributed by atoms with Gasteiger partial charge in [-0.3, -0.25) is 19.6 Å². The van der Waals surface area contributed by atoms with Gasteiger partial charge in [0.05, 0.1) is 6.04 Å². The molecule has 3 aromatic rings. The Morgan fingerprint density at radius 3 is 2.35 bits per heavy atom. The molecule has 1 fully saturated rings. The van der Waals surface area contributed by atoms with Gasteiger partial charge in [-0.05, 0) is 62.7 Å². The molecule has 178 valence electrons. The SMILES string of the molecule is CC(c1nnc(SC(C(=O)NC(N)=O)c2ccccc2)n1-c1ccc(F)cc1)N1CCCCC1. The molecule has 2 atom stereocenters. The van der Waals surface area contributed by atoms with Gasteiger partial charge in [0.1, 0.15) is 11.1 Å². The van der Waals surface area contributed by atoms with Crippen LogP contribution in [0.4, 0.5) is 9.18 Å². The first kappa shape index (κ1) is 23.9. The van der Waals surface area contributed by atoms with E-state index in [1.807, 2.05) is 22.8 Å². The van der Waals surface area contributed by atoms with Crippen molar-refractivity contribution in [2.24, 2.45) is 5.73 Å². The standard InChI is InChI=1S/C24H27FN6O2S/c1-16(30-14-6-3-7-15-30)21-28-29-24(31(21)19-12-10-18(25)11-13-19)34-20(22(32)27-23(26)33)17-8-4-2-5-9-17/h2,4-5,8-13,16,20H,3,6-7,14-15H2,1H3,(H3,26,27,32,33). The number of urea groups is 1. The summed E-state index contributed by atoms with van der Waals surface area (Å²) >= 11 is 1.16. The van der Waals surface area contributed by atoms with Crippen molar-refractivity contribution in [1.82, 2.24) is 25.0 Å². The van der Waals surface area contributed by atoms with E-state index in [0.717, 1.165) is 37.7 Å². The lowest BCUT2D eigenvalue weighted by atomic mass is 10.1. The molecule has 0 saturated carbocycles. The lowest BCUT2D eigenvalue weighted by Crippen LogP contribution is -2.37. The Morgan fingerprint density at radius 1 is 1.03 bits per heavy atom. The highest BCUT2D eigenvalue weighted by Gasteiger charge is 2.30. The number of hydrogen-bond donors (Lipinski definition) is 2. The van der Waals surface area contributed by atoms with Crippen LogP contribution in [-0.2, 0) is 4.79 Å². The van der Waals surface area contributed by atoms with E-state index in [0.29, 0.717) is 22.2 Å². The first-order valence-electron chi connectivity index (χ1n) is 11.2. The van der Waals surface area contributed by atoms with E-state index in [1.54, 1.807) is 24.3 Å². The van der Waals surface area contributed by atoms with Gasteiger partial charge >= 0.3 is 6.03 Å². The Bertz CT molecular complexity index is 1130. The molecular formula is C24H27FN6O2S. The van der Waals surface area contributed by atoms with Gasteiger partial charge in [-0.1, -0.05) is 48.5 Å². The van der Waals surface area contributed by atoms with Crippen LogP contribution < -0.4 is 11.1 Å². The summed E-state index contributed by atoms with van der Waals surface area (Å²) in [6.45, 7) is 4.01. The molecule has 0 aliphatic carbocycles. The minimum absolute atomic E-state index is 0.0261. The van der Waals surface area contributed by atoms with E-state index < -0.39 is 17.2 Å². The summed E-state index contributed by atoms with van der Waals surface area (Å²) in [5, 5.41) is 10.7. The minimum Gasteiger partial charge on any atom is -0.351 e. The quantitative estimate of drug-likeness (QED) is 0.494. The van der Waals surface area contributed by atoms with E-state index in [-0.39, 0.29) is 11.9 Å². The third-order valence-electron chi connectivity index (χ3n) is 5.87. The number of nitrogens with one attached hydrogen (secondary N) is 1. The zero-order valence-corrected chi connectivity index (χ0v) is 19.7. The van der Waals surface area contributed by atoms with Crippen molar-refractivity contribution >= 4 is 23.7 Å². The number of hydrogen-bond acceptors (Lipinski definition) is 6. The zero-order chi connectivity index (χ0) is 24.1. The van der Waals surface area contributed by atoms with Gasteiger partial charge in [0.15, 0.2) is 11.0 Å². The van der Waals surface area contributed by atoms with Gasteiger partial charge < -0.3 is 5.73 Å². The molecule has 0 bridgehead atoms. The molecule has 2 heterocycles. The molecule has 1 aromatic heterocycles. The average molecular weight is 483 g/mol. The van der Waals surface area contributed by atoms with E-state index >= 15 is 0 Å². The van der Waals surface area contributed by atoms with Crippen molar-refractivity contribution in [2.45, 2.75) is 42.6 Å². The number of benzene rings is 2. The smallest absolute Gasteiger partial charge is 0.318 e. The summed E-state index contributed by atoms with van der Waals surface area (Å²) in [5.74, 6) is -0.194. The fourth-order valence-electron chi connectivity index (χ4n) is 4.12. The molecule has 3 amide bonds. The molecule has 34 heavy (non-hydrogen) atoms. The summed E-state index contributed by atoms with van der Waals surface area (Å²) in [7, 11) is 0. The van der Waals surface area contributed by atoms with E-state index in [9.17, 15) is 14.0 Å². The molecular weight excluding hydrogens is 455 g/mol. The second kappa shape index (κ2) is 10.8. The van der Waals surface area contributed by atoms with Crippen molar-refractivity contribution in [3.63, 3.8) is 0 Å². The molecule has 8 nitrogen and oxygen atoms in total. The lowest BCUT2D eigenvalue weighted by molar-refractivity contribution is -0.119. The zero-order valence-electron chi connectivity index (χ0n) is 18.9. The number of primary amides is 1. The number of piperidine rings is 1. The second-order valence-corrected chi connectivity index (χ2v) is 9.26. The highest BCUT2D eigenvalue weighted by Crippen LogP contribution is 2.37. The number of carbonyl (C=O) groups is 2. The van der Waals surface area contributed by atoms with Crippen LogP contribution in [0.25, 0.3) is 5.69 Å². The Hall–Kier alpha value is -3.24. The number of rotatable bonds is 7. The normalized spacial score (nSPS) is 16.1. The lowest BCUT2D eigenvalue weighted by Gasteiger charge is -2.32. The van der Waals surface area contributed by atoms with Gasteiger partial charge in [-0.2, -0.15) is 0 Å². The van der Waals surface area contributed by atoms with Crippen LogP contribution in [0.5, 0.6) is 0 Å². The highest BCUT2D eigenvalue weighted by atomic mass is 32.2. The molecule has 1 aliphatic heterocycles. The Morgan fingerprint density at radius 2 is 1.71 bits per heavy atom. The third kappa shape index (κ3) is 5.45. The third-order valence-corrected chi connectivity index (χ3v) is 7.06. The fraction of sp³-hybridized carbons (Fsp3) is 0.333. The molecule has 3 N–H and O–H groups in total. The molecule has 0 radical (unpaired) electrons. The maximum absolute atomic E-state index is 13.7. The topological polar surface area (TPSA) is 106 Å². The summed E-state index contributed by atoms with van der Waals surface area (Å²) in [5.41, 5.74) is 6.59. The Kier molecular flexibility index (Phi) is 7.59. The number of nitrogens with zero attached hydrogens (tertiary/aromatic N) is 4. The van der Waals surface area contributed by atoms with Gasteiger partial charge in [0, 0.05) is 5.69 Å². The first-order valence-corrected chi connectivity index (χ1v) is 12.1. The van der Waals surface area contributed by atoms with Crippen LogP contribution in [0.2, 0.25) is 0 Å². The van der Waals surface area contributed by atoms with E-state index in [1.165, 1.54) is 18.6 Å². The second-order valence-electron chi connectivity index (χ2n) is 8.19. The molecule has 0 spiro atoms. The fourth-order valence-corrected chi connectivity index (χ4v) is 5.19. The van der Waals surface area contributed by atoms with E-state index in [2.05, 4.69) is 27.3 Å². The average Bonchev–Trinajstić information content (AvgIpc) is 3.26. The number of imide groups is 1. The Labute approximate surface area is 201 Å². The number of nitrogens with two attached hydrogens (primary N) is 1. The van der Waals surface area contributed by atoms with Crippen LogP contribution in [0.3, 0.4) is 0 Å². The number of aromatic nitrogens is 3. The first-order chi connectivity index (χ1) is 16.4. The predicted octanol–water partition coefficient (Wildman–Crippen LogP) is 3.98. The minimum atomic E-state index is -0.925. The van der Waals surface area contributed by atoms with Crippen LogP contribution >= 0.6 is 11.8 Å². The van der Waals surface area contributed by atoms with Gasteiger partial charge in [-0.15, -0.1) is 10.2 Å².